The third kappa shape index (κ3) is 4.12. The molecule has 1 aliphatic rings. The normalized spacial score (nSPS) is 15.6. The van der Waals surface area contributed by atoms with E-state index in [1.54, 1.807) is 0 Å². The zero-order chi connectivity index (χ0) is 13.8. The summed E-state index contributed by atoms with van der Waals surface area (Å²) in [5, 5.41) is 8.92. The molecule has 3 heteroatoms. The van der Waals surface area contributed by atoms with Crippen molar-refractivity contribution in [2.75, 3.05) is 6.61 Å². The lowest BCUT2D eigenvalue weighted by atomic mass is 10.0. The van der Waals surface area contributed by atoms with Crippen LogP contribution in [0.5, 0.6) is 5.75 Å². The van der Waals surface area contributed by atoms with Crippen LogP contribution in [0.25, 0.3) is 5.57 Å². The smallest absolute Gasteiger partial charge is 0.328 e. The number of ether oxygens (including phenoxy) is 1. The number of carboxylic acid groups (broad SMARTS) is 1. The van der Waals surface area contributed by atoms with Gasteiger partial charge in [-0.1, -0.05) is 26.0 Å². The van der Waals surface area contributed by atoms with E-state index in [2.05, 4.69) is 13.8 Å². The topological polar surface area (TPSA) is 46.5 Å². The lowest BCUT2D eigenvalue weighted by Gasteiger charge is -2.10. The molecule has 0 heterocycles. The number of rotatable bonds is 6. The quantitative estimate of drug-likeness (QED) is 0.795. The zero-order valence-electron chi connectivity index (χ0n) is 11.4. The molecule has 0 aromatic heterocycles. The van der Waals surface area contributed by atoms with Crippen molar-refractivity contribution in [3.8, 4) is 5.75 Å². The molecule has 1 aliphatic carbocycles. The van der Waals surface area contributed by atoms with Gasteiger partial charge in [-0.15, -0.1) is 0 Å². The highest BCUT2D eigenvalue weighted by atomic mass is 16.5. The molecular formula is C16H20O3. The van der Waals surface area contributed by atoms with Crippen molar-refractivity contribution >= 4 is 11.5 Å². The van der Waals surface area contributed by atoms with Crippen LogP contribution in [-0.4, -0.2) is 17.7 Å². The van der Waals surface area contributed by atoms with Crippen molar-refractivity contribution in [1.29, 1.82) is 0 Å². The van der Waals surface area contributed by atoms with Gasteiger partial charge in [0.1, 0.15) is 5.75 Å². The summed E-state index contributed by atoms with van der Waals surface area (Å²) < 4.78 is 5.62. The lowest BCUT2D eigenvalue weighted by molar-refractivity contribution is -0.131. The molecule has 0 amide bonds. The van der Waals surface area contributed by atoms with E-state index in [9.17, 15) is 4.79 Å². The maximum atomic E-state index is 10.9. The van der Waals surface area contributed by atoms with E-state index < -0.39 is 5.97 Å². The molecule has 2 rings (SSSR count). The summed E-state index contributed by atoms with van der Waals surface area (Å²) in [4.78, 5) is 10.9. The fourth-order valence-electron chi connectivity index (χ4n) is 1.97. The minimum absolute atomic E-state index is 0.415. The van der Waals surface area contributed by atoms with Crippen molar-refractivity contribution in [1.82, 2.24) is 0 Å². The molecule has 0 aliphatic heterocycles. The summed E-state index contributed by atoms with van der Waals surface area (Å²) in [5.41, 5.74) is 1.92. The maximum absolute atomic E-state index is 10.9. The first-order chi connectivity index (χ1) is 9.06. The Morgan fingerprint density at radius 1 is 1.37 bits per heavy atom. The van der Waals surface area contributed by atoms with Crippen molar-refractivity contribution in [2.45, 2.75) is 26.7 Å². The van der Waals surface area contributed by atoms with E-state index in [-0.39, 0.29) is 0 Å². The summed E-state index contributed by atoms with van der Waals surface area (Å²) in [7, 11) is 0. The van der Waals surface area contributed by atoms with Crippen LogP contribution >= 0.6 is 0 Å². The van der Waals surface area contributed by atoms with Gasteiger partial charge in [0.15, 0.2) is 0 Å². The zero-order valence-corrected chi connectivity index (χ0v) is 11.4. The molecule has 1 aromatic carbocycles. The molecule has 1 fully saturated rings. The number of allylic oxidation sites excluding steroid dienone is 1. The molecule has 0 radical (unpaired) electrons. The Labute approximate surface area is 113 Å². The Kier molecular flexibility index (Phi) is 4.25. The van der Waals surface area contributed by atoms with Crippen LogP contribution in [0, 0.1) is 11.8 Å². The van der Waals surface area contributed by atoms with Gasteiger partial charge < -0.3 is 9.84 Å². The van der Waals surface area contributed by atoms with Gasteiger partial charge in [-0.25, -0.2) is 4.79 Å². The highest BCUT2D eigenvalue weighted by molar-refractivity contribution is 5.91. The van der Waals surface area contributed by atoms with Gasteiger partial charge >= 0.3 is 5.97 Å². The van der Waals surface area contributed by atoms with Crippen molar-refractivity contribution in [3.05, 3.63) is 35.9 Å². The first kappa shape index (κ1) is 13.7. The van der Waals surface area contributed by atoms with Gasteiger partial charge in [0.2, 0.25) is 0 Å². The van der Waals surface area contributed by atoms with Crippen LogP contribution in [0.15, 0.2) is 30.3 Å². The van der Waals surface area contributed by atoms with Crippen LogP contribution in [0.4, 0.5) is 0 Å². The molecule has 0 spiro atoms. The molecule has 1 saturated carbocycles. The molecule has 0 atom stereocenters. The molecule has 0 saturated heterocycles. The average Bonchev–Trinajstić information content (AvgIpc) is 3.18. The van der Waals surface area contributed by atoms with Crippen LogP contribution in [-0.2, 0) is 4.79 Å². The maximum Gasteiger partial charge on any atom is 0.328 e. The van der Waals surface area contributed by atoms with Crippen LogP contribution < -0.4 is 4.74 Å². The van der Waals surface area contributed by atoms with Crippen molar-refractivity contribution < 1.29 is 14.6 Å². The SMILES string of the molecule is CC(C)COc1ccc(/C(=C/C(=O)O)C2CC2)cc1. The van der Waals surface area contributed by atoms with Crippen molar-refractivity contribution in [2.24, 2.45) is 11.8 Å². The van der Waals surface area contributed by atoms with Crippen LogP contribution in [0.3, 0.4) is 0 Å². The minimum Gasteiger partial charge on any atom is -0.493 e. The number of hydrogen-bond donors (Lipinski definition) is 1. The fourth-order valence-corrected chi connectivity index (χ4v) is 1.97. The van der Waals surface area contributed by atoms with E-state index >= 15 is 0 Å². The molecule has 0 bridgehead atoms. The second-order valence-corrected chi connectivity index (χ2v) is 5.44. The second-order valence-electron chi connectivity index (χ2n) is 5.44. The van der Waals surface area contributed by atoms with E-state index in [0.717, 1.165) is 29.7 Å². The third-order valence-corrected chi connectivity index (χ3v) is 3.07. The highest BCUT2D eigenvalue weighted by Gasteiger charge is 2.27. The average molecular weight is 260 g/mol. The summed E-state index contributed by atoms with van der Waals surface area (Å²) >= 11 is 0. The van der Waals surface area contributed by atoms with Crippen LogP contribution in [0.2, 0.25) is 0 Å². The van der Waals surface area contributed by atoms with Gasteiger partial charge in [0.25, 0.3) is 0 Å². The molecule has 1 N–H and O–H groups in total. The summed E-state index contributed by atoms with van der Waals surface area (Å²) in [6, 6.07) is 7.72. The molecule has 102 valence electrons. The molecular weight excluding hydrogens is 240 g/mol. The Morgan fingerprint density at radius 3 is 2.47 bits per heavy atom. The Morgan fingerprint density at radius 2 is 2.00 bits per heavy atom. The second kappa shape index (κ2) is 5.91. The van der Waals surface area contributed by atoms with Gasteiger partial charge in [-0.3, -0.25) is 0 Å². The molecule has 3 nitrogen and oxygen atoms in total. The first-order valence-electron chi connectivity index (χ1n) is 6.74. The van der Waals surface area contributed by atoms with E-state index in [1.165, 1.54) is 6.08 Å². The first-order valence-corrected chi connectivity index (χ1v) is 6.74. The number of aliphatic carboxylic acids is 1. The Bertz CT molecular complexity index is 467. The summed E-state index contributed by atoms with van der Waals surface area (Å²) in [6.45, 7) is 4.91. The highest BCUT2D eigenvalue weighted by Crippen LogP contribution is 2.42. The lowest BCUT2D eigenvalue weighted by Crippen LogP contribution is -2.04. The van der Waals surface area contributed by atoms with E-state index in [0.29, 0.717) is 18.4 Å². The molecule has 1 aromatic rings. The predicted molar refractivity (Wildman–Crippen MR) is 75.1 cm³/mol. The van der Waals surface area contributed by atoms with Gasteiger partial charge in [0.05, 0.1) is 6.61 Å². The van der Waals surface area contributed by atoms with E-state index in [4.69, 9.17) is 9.84 Å². The number of carbonyl (C=O) groups is 1. The summed E-state index contributed by atoms with van der Waals surface area (Å²) in [5.74, 6) is 0.872. The summed E-state index contributed by atoms with van der Waals surface area (Å²) in [6.07, 6.45) is 3.51. The molecule has 0 unspecified atom stereocenters. The number of carboxylic acids is 1. The minimum atomic E-state index is -0.873. The largest absolute Gasteiger partial charge is 0.493 e. The number of hydrogen-bond acceptors (Lipinski definition) is 2. The third-order valence-electron chi connectivity index (χ3n) is 3.07. The van der Waals surface area contributed by atoms with Gasteiger partial charge in [-0.05, 0) is 47.9 Å². The Hall–Kier alpha value is -1.77. The predicted octanol–water partition coefficient (Wildman–Crippen LogP) is 3.60. The Balaban J connectivity index is 2.10. The number of benzene rings is 1. The van der Waals surface area contributed by atoms with Crippen molar-refractivity contribution in [3.63, 3.8) is 0 Å². The monoisotopic (exact) mass is 260 g/mol. The standard InChI is InChI=1S/C16H20O3/c1-11(2)10-19-14-7-5-13(6-8-14)15(9-16(17)18)12-3-4-12/h5-9,11-12H,3-4,10H2,1-2H3,(H,17,18)/b15-9+. The fraction of sp³-hybridized carbons (Fsp3) is 0.438. The molecule has 19 heavy (non-hydrogen) atoms. The van der Waals surface area contributed by atoms with Crippen LogP contribution in [0.1, 0.15) is 32.3 Å². The van der Waals surface area contributed by atoms with E-state index in [1.807, 2.05) is 24.3 Å². The van der Waals surface area contributed by atoms with Gasteiger partial charge in [-0.2, -0.15) is 0 Å². The van der Waals surface area contributed by atoms with Gasteiger partial charge in [0, 0.05) is 6.08 Å².